The predicted octanol–water partition coefficient (Wildman–Crippen LogP) is 2.77. The van der Waals surface area contributed by atoms with Crippen molar-refractivity contribution in [1.29, 1.82) is 0 Å². The zero-order valence-electron chi connectivity index (χ0n) is 14.0. The molecule has 0 aromatic carbocycles. The summed E-state index contributed by atoms with van der Waals surface area (Å²) < 4.78 is 10.2. The Bertz CT molecular complexity index is 787. The standard InChI is InChI=1S/C18H19NO5S/c1-12-3-4-14(24-12)5-8-18(22)23-11-16(21)17-7-6-15(25-17)9-10-19-13(2)20/h3-8H,9-11H2,1-2H3,(H,19,20)/b8-5+. The summed E-state index contributed by atoms with van der Waals surface area (Å²) >= 11 is 1.33. The maximum absolute atomic E-state index is 12.0. The molecule has 0 spiro atoms. The molecule has 0 unspecified atom stereocenters. The predicted molar refractivity (Wildman–Crippen MR) is 94.5 cm³/mol. The highest BCUT2D eigenvalue weighted by molar-refractivity contribution is 7.14. The molecule has 25 heavy (non-hydrogen) atoms. The topological polar surface area (TPSA) is 85.6 Å². The van der Waals surface area contributed by atoms with Gasteiger partial charge >= 0.3 is 5.97 Å². The highest BCUT2D eigenvalue weighted by Crippen LogP contribution is 2.17. The largest absolute Gasteiger partial charge is 0.462 e. The molecule has 2 heterocycles. The molecule has 1 amide bonds. The lowest BCUT2D eigenvalue weighted by Gasteiger charge is -2.00. The quantitative estimate of drug-likeness (QED) is 0.444. The van der Waals surface area contributed by atoms with Crippen molar-refractivity contribution < 1.29 is 23.5 Å². The molecule has 1 N–H and O–H groups in total. The van der Waals surface area contributed by atoms with Crippen molar-refractivity contribution in [1.82, 2.24) is 5.32 Å². The van der Waals surface area contributed by atoms with Crippen LogP contribution in [0.3, 0.4) is 0 Å². The van der Waals surface area contributed by atoms with E-state index in [1.807, 2.05) is 6.07 Å². The fraction of sp³-hybridized carbons (Fsp3) is 0.278. The van der Waals surface area contributed by atoms with Gasteiger partial charge in [-0.2, -0.15) is 0 Å². The number of carbonyl (C=O) groups is 3. The Morgan fingerprint density at radius 2 is 2.04 bits per heavy atom. The van der Waals surface area contributed by atoms with Gasteiger partial charge in [-0.1, -0.05) is 0 Å². The van der Waals surface area contributed by atoms with Crippen LogP contribution in [0.25, 0.3) is 6.08 Å². The summed E-state index contributed by atoms with van der Waals surface area (Å²) in [4.78, 5) is 36.0. The average molecular weight is 361 g/mol. The van der Waals surface area contributed by atoms with Gasteiger partial charge in [0.25, 0.3) is 0 Å². The van der Waals surface area contributed by atoms with Gasteiger partial charge in [0, 0.05) is 24.4 Å². The van der Waals surface area contributed by atoms with Crippen LogP contribution in [-0.4, -0.2) is 30.8 Å². The monoisotopic (exact) mass is 361 g/mol. The van der Waals surface area contributed by atoms with Gasteiger partial charge in [0.15, 0.2) is 6.61 Å². The Morgan fingerprint density at radius 1 is 1.24 bits per heavy atom. The molecule has 0 atom stereocenters. The van der Waals surface area contributed by atoms with Crippen molar-refractivity contribution >= 4 is 35.1 Å². The number of ketones is 1. The molecule has 0 radical (unpaired) electrons. The Hall–Kier alpha value is -2.67. The van der Waals surface area contributed by atoms with Gasteiger partial charge in [-0.05, 0) is 43.7 Å². The van der Waals surface area contributed by atoms with Crippen molar-refractivity contribution in [3.05, 3.63) is 51.6 Å². The molecule has 0 bridgehead atoms. The Labute approximate surface area is 149 Å². The number of hydrogen-bond donors (Lipinski definition) is 1. The molecule has 2 aromatic heterocycles. The number of esters is 1. The first kappa shape index (κ1) is 18.7. The SMILES string of the molecule is CC(=O)NCCc1ccc(C(=O)COC(=O)/C=C/c2ccc(C)o2)s1. The second-order valence-corrected chi connectivity index (χ2v) is 6.48. The number of Topliss-reactive ketones (excluding diaryl/α,β-unsaturated/α-hetero) is 1. The van der Waals surface area contributed by atoms with Crippen molar-refractivity contribution in [3.63, 3.8) is 0 Å². The first-order chi connectivity index (χ1) is 11.9. The van der Waals surface area contributed by atoms with Crippen molar-refractivity contribution in [2.75, 3.05) is 13.2 Å². The van der Waals surface area contributed by atoms with E-state index in [9.17, 15) is 14.4 Å². The van der Waals surface area contributed by atoms with Gasteiger partial charge < -0.3 is 14.5 Å². The van der Waals surface area contributed by atoms with Crippen molar-refractivity contribution in [2.24, 2.45) is 0 Å². The van der Waals surface area contributed by atoms with Crippen LogP contribution in [-0.2, 0) is 20.7 Å². The summed E-state index contributed by atoms with van der Waals surface area (Å²) in [5.74, 6) is 0.340. The van der Waals surface area contributed by atoms with Crippen LogP contribution >= 0.6 is 11.3 Å². The molecule has 132 valence electrons. The molecule has 7 heteroatoms. The zero-order valence-corrected chi connectivity index (χ0v) is 14.9. The number of thiophene rings is 1. The van der Waals surface area contributed by atoms with Gasteiger partial charge in [-0.15, -0.1) is 11.3 Å². The first-order valence-electron chi connectivity index (χ1n) is 7.71. The lowest BCUT2D eigenvalue weighted by Crippen LogP contribution is -2.22. The molecule has 0 aliphatic heterocycles. The van der Waals surface area contributed by atoms with Crippen LogP contribution < -0.4 is 5.32 Å². The molecular weight excluding hydrogens is 342 g/mol. The second-order valence-electron chi connectivity index (χ2n) is 5.31. The van der Waals surface area contributed by atoms with E-state index in [0.29, 0.717) is 23.6 Å². The number of hydrogen-bond acceptors (Lipinski definition) is 6. The Morgan fingerprint density at radius 3 is 2.72 bits per heavy atom. The van der Waals surface area contributed by atoms with E-state index in [1.165, 1.54) is 30.4 Å². The molecule has 0 aliphatic rings. The molecule has 2 aromatic rings. The van der Waals surface area contributed by atoms with Gasteiger partial charge in [0.05, 0.1) is 4.88 Å². The van der Waals surface area contributed by atoms with Crippen LogP contribution in [0.1, 0.15) is 33.0 Å². The van der Waals surface area contributed by atoms with Crippen LogP contribution in [0.4, 0.5) is 0 Å². The summed E-state index contributed by atoms with van der Waals surface area (Å²) in [6.07, 6.45) is 3.37. The molecule has 0 aliphatic carbocycles. The maximum Gasteiger partial charge on any atom is 0.331 e. The third-order valence-corrected chi connectivity index (χ3v) is 4.36. The van der Waals surface area contributed by atoms with Crippen LogP contribution in [0.2, 0.25) is 0 Å². The van der Waals surface area contributed by atoms with Crippen LogP contribution in [0, 0.1) is 6.92 Å². The minimum atomic E-state index is -0.607. The molecule has 0 saturated heterocycles. The fourth-order valence-electron chi connectivity index (χ4n) is 1.97. The maximum atomic E-state index is 12.0. The number of ether oxygens (including phenoxy) is 1. The summed E-state index contributed by atoms with van der Waals surface area (Å²) in [5.41, 5.74) is 0. The van der Waals surface area contributed by atoms with Gasteiger partial charge in [0.1, 0.15) is 11.5 Å². The summed E-state index contributed by atoms with van der Waals surface area (Å²) in [6.45, 7) is 3.47. The minimum absolute atomic E-state index is 0.0856. The number of carbonyl (C=O) groups excluding carboxylic acids is 3. The smallest absolute Gasteiger partial charge is 0.331 e. The summed E-state index contributed by atoms with van der Waals surface area (Å²) in [6, 6.07) is 7.05. The number of rotatable bonds is 8. The van der Waals surface area contributed by atoms with Gasteiger partial charge in [0.2, 0.25) is 11.7 Å². The van der Waals surface area contributed by atoms with E-state index in [4.69, 9.17) is 9.15 Å². The van der Waals surface area contributed by atoms with Crippen LogP contribution in [0.5, 0.6) is 0 Å². The molecule has 0 saturated carbocycles. The van der Waals surface area contributed by atoms with E-state index in [1.54, 1.807) is 25.1 Å². The normalized spacial score (nSPS) is 10.8. The molecule has 6 nitrogen and oxygen atoms in total. The highest BCUT2D eigenvalue weighted by atomic mass is 32.1. The van der Waals surface area contributed by atoms with E-state index in [0.717, 1.165) is 10.6 Å². The minimum Gasteiger partial charge on any atom is -0.462 e. The molecule has 0 fully saturated rings. The third-order valence-electron chi connectivity index (χ3n) is 3.17. The van der Waals surface area contributed by atoms with E-state index in [2.05, 4.69) is 5.32 Å². The lowest BCUT2D eigenvalue weighted by atomic mass is 10.3. The number of amides is 1. The Balaban J connectivity index is 1.77. The fourth-order valence-corrected chi connectivity index (χ4v) is 2.90. The van der Waals surface area contributed by atoms with E-state index < -0.39 is 5.97 Å². The highest BCUT2D eigenvalue weighted by Gasteiger charge is 2.11. The zero-order chi connectivity index (χ0) is 18.2. The first-order valence-corrected chi connectivity index (χ1v) is 8.53. The second kappa shape index (κ2) is 8.98. The number of aryl methyl sites for hydroxylation is 1. The summed E-state index contributed by atoms with van der Waals surface area (Å²) in [5, 5.41) is 2.70. The lowest BCUT2D eigenvalue weighted by molar-refractivity contribution is -0.136. The van der Waals surface area contributed by atoms with E-state index in [-0.39, 0.29) is 18.3 Å². The third kappa shape index (κ3) is 6.39. The molecular formula is C18H19NO5S. The number of nitrogens with one attached hydrogen (secondary N) is 1. The van der Waals surface area contributed by atoms with Gasteiger partial charge in [-0.3, -0.25) is 9.59 Å². The number of furan rings is 1. The summed E-state index contributed by atoms with van der Waals surface area (Å²) in [7, 11) is 0. The van der Waals surface area contributed by atoms with Crippen molar-refractivity contribution in [2.45, 2.75) is 20.3 Å². The Kier molecular flexibility index (Phi) is 6.71. The van der Waals surface area contributed by atoms with Crippen LogP contribution in [0.15, 0.2) is 34.8 Å². The van der Waals surface area contributed by atoms with E-state index >= 15 is 0 Å². The average Bonchev–Trinajstić information content (AvgIpc) is 3.19. The molecule has 2 rings (SSSR count). The van der Waals surface area contributed by atoms with Crippen molar-refractivity contribution in [3.8, 4) is 0 Å². The van der Waals surface area contributed by atoms with Gasteiger partial charge in [-0.25, -0.2) is 4.79 Å².